The number of hydrogen-bond acceptors (Lipinski definition) is 7. The largest absolute Gasteiger partial charge is 0.497 e. The molecule has 0 amide bonds. The number of aromatic nitrogens is 4. The molecule has 0 aliphatic heterocycles. The highest BCUT2D eigenvalue weighted by Gasteiger charge is 2.12. The molecule has 0 N–H and O–H groups in total. The normalized spacial score (nSPS) is 10.8. The summed E-state index contributed by atoms with van der Waals surface area (Å²) in [5.41, 5.74) is 2.16. The van der Waals surface area contributed by atoms with Crippen molar-refractivity contribution in [1.29, 1.82) is 0 Å². The molecule has 0 bridgehead atoms. The van der Waals surface area contributed by atoms with E-state index in [1.807, 2.05) is 36.4 Å². The molecule has 4 aromatic rings. The van der Waals surface area contributed by atoms with Gasteiger partial charge in [0.05, 0.1) is 20.0 Å². The fraction of sp³-hybridized carbons (Fsp3) is 0.143. The minimum absolute atomic E-state index is 0.0266. The van der Waals surface area contributed by atoms with E-state index < -0.39 is 0 Å². The van der Waals surface area contributed by atoms with Gasteiger partial charge in [-0.25, -0.2) is 0 Å². The number of thioether (sulfide) groups is 1. The zero-order valence-corrected chi connectivity index (χ0v) is 16.7. The Morgan fingerprint density at radius 1 is 0.897 bits per heavy atom. The fourth-order valence-corrected chi connectivity index (χ4v) is 3.52. The summed E-state index contributed by atoms with van der Waals surface area (Å²) >= 11 is 1.37. The molecule has 0 aliphatic rings. The molecule has 2 aromatic carbocycles. The lowest BCUT2D eigenvalue weighted by atomic mass is 10.1. The third kappa shape index (κ3) is 4.07. The van der Waals surface area contributed by atoms with Crippen molar-refractivity contribution in [2.24, 2.45) is 0 Å². The van der Waals surface area contributed by atoms with Gasteiger partial charge in [-0.3, -0.25) is 4.79 Å². The van der Waals surface area contributed by atoms with E-state index in [1.165, 1.54) is 11.8 Å². The van der Waals surface area contributed by atoms with Crippen LogP contribution in [-0.2, 0) is 0 Å². The van der Waals surface area contributed by atoms with Crippen LogP contribution in [0.2, 0.25) is 0 Å². The van der Waals surface area contributed by atoms with Gasteiger partial charge in [-0.05, 0) is 60.7 Å². The van der Waals surface area contributed by atoms with E-state index in [2.05, 4.69) is 15.3 Å². The summed E-state index contributed by atoms with van der Waals surface area (Å²) < 4.78 is 12.0. The van der Waals surface area contributed by atoms with Gasteiger partial charge in [0, 0.05) is 11.1 Å². The van der Waals surface area contributed by atoms with Gasteiger partial charge in [-0.1, -0.05) is 11.8 Å². The van der Waals surface area contributed by atoms with Crippen LogP contribution >= 0.6 is 11.8 Å². The number of fused-ring (bicyclic) bond motifs is 1. The molecule has 0 atom stereocenters. The topological polar surface area (TPSA) is 78.6 Å². The van der Waals surface area contributed by atoms with Crippen LogP contribution in [0.3, 0.4) is 0 Å². The highest BCUT2D eigenvalue weighted by Crippen LogP contribution is 2.23. The second kappa shape index (κ2) is 8.32. The van der Waals surface area contributed by atoms with Crippen molar-refractivity contribution in [3.05, 3.63) is 66.2 Å². The quantitative estimate of drug-likeness (QED) is 0.341. The number of Topliss-reactive ketones (excluding diaryl/α,β-unsaturated/α-hetero) is 1. The van der Waals surface area contributed by atoms with Crippen LogP contribution in [-0.4, -0.2) is 45.6 Å². The van der Waals surface area contributed by atoms with Crippen molar-refractivity contribution in [1.82, 2.24) is 19.8 Å². The summed E-state index contributed by atoms with van der Waals surface area (Å²) in [7, 11) is 3.22. The van der Waals surface area contributed by atoms with Gasteiger partial charge in [0.1, 0.15) is 16.5 Å². The Morgan fingerprint density at radius 2 is 1.55 bits per heavy atom. The number of nitrogens with zero attached hydrogens (tertiary/aromatic N) is 4. The molecule has 29 heavy (non-hydrogen) atoms. The Kier molecular flexibility index (Phi) is 5.44. The maximum atomic E-state index is 12.4. The third-order valence-electron chi connectivity index (χ3n) is 4.35. The summed E-state index contributed by atoms with van der Waals surface area (Å²) in [6, 6.07) is 18.3. The predicted octanol–water partition coefficient (Wildman–Crippen LogP) is 3.78. The maximum absolute atomic E-state index is 12.4. The first-order chi connectivity index (χ1) is 14.2. The smallest absolute Gasteiger partial charge is 0.185 e. The van der Waals surface area contributed by atoms with Gasteiger partial charge in [-0.2, -0.15) is 9.61 Å². The molecule has 2 aromatic heterocycles. The average Bonchev–Trinajstić information content (AvgIpc) is 3.21. The van der Waals surface area contributed by atoms with Crippen LogP contribution in [0.4, 0.5) is 0 Å². The van der Waals surface area contributed by atoms with E-state index in [9.17, 15) is 4.79 Å². The highest BCUT2D eigenvalue weighted by atomic mass is 32.2. The summed E-state index contributed by atoms with van der Waals surface area (Å²) in [5, 5.41) is 13.7. The number of hydrogen-bond donors (Lipinski definition) is 0. The number of benzene rings is 2. The summed E-state index contributed by atoms with van der Waals surface area (Å²) in [4.78, 5) is 12.4. The lowest BCUT2D eigenvalue weighted by Gasteiger charge is -2.05. The lowest BCUT2D eigenvalue weighted by Crippen LogP contribution is -2.03. The average molecular weight is 406 g/mol. The van der Waals surface area contributed by atoms with E-state index in [1.54, 1.807) is 43.0 Å². The Bertz CT molecular complexity index is 1140. The van der Waals surface area contributed by atoms with Crippen molar-refractivity contribution < 1.29 is 14.3 Å². The fourth-order valence-electron chi connectivity index (χ4n) is 2.77. The monoisotopic (exact) mass is 406 g/mol. The molecule has 0 saturated carbocycles. The zero-order valence-electron chi connectivity index (χ0n) is 15.9. The Morgan fingerprint density at radius 3 is 2.21 bits per heavy atom. The van der Waals surface area contributed by atoms with E-state index in [-0.39, 0.29) is 11.5 Å². The van der Waals surface area contributed by atoms with E-state index in [0.29, 0.717) is 22.1 Å². The lowest BCUT2D eigenvalue weighted by molar-refractivity contribution is 0.102. The second-order valence-corrected chi connectivity index (χ2v) is 7.13. The van der Waals surface area contributed by atoms with Crippen LogP contribution in [0.15, 0.2) is 65.7 Å². The molecule has 2 heterocycles. The number of rotatable bonds is 7. The van der Waals surface area contributed by atoms with Crippen LogP contribution in [0.1, 0.15) is 10.4 Å². The van der Waals surface area contributed by atoms with Crippen molar-refractivity contribution in [2.45, 2.75) is 5.03 Å². The molecule has 0 fully saturated rings. The van der Waals surface area contributed by atoms with E-state index in [0.717, 1.165) is 17.1 Å². The minimum Gasteiger partial charge on any atom is -0.497 e. The number of methoxy groups -OCH3 is 2. The standard InChI is InChI=1S/C21H18N4O3S/c1-27-16-7-3-14(4-8-16)18(26)13-29-20-12-11-19-22-23-21(25(19)24-20)15-5-9-17(28-2)10-6-15/h3-12H,13H2,1-2H3. The first-order valence-corrected chi connectivity index (χ1v) is 9.83. The first kappa shape index (κ1) is 18.9. The third-order valence-corrected chi connectivity index (χ3v) is 5.27. The molecule has 4 rings (SSSR count). The van der Waals surface area contributed by atoms with Gasteiger partial charge in [0.25, 0.3) is 0 Å². The van der Waals surface area contributed by atoms with Crippen LogP contribution in [0.5, 0.6) is 11.5 Å². The molecule has 0 unspecified atom stereocenters. The van der Waals surface area contributed by atoms with Crippen LogP contribution in [0, 0.1) is 0 Å². The van der Waals surface area contributed by atoms with Crippen LogP contribution in [0.25, 0.3) is 17.0 Å². The minimum atomic E-state index is 0.0266. The van der Waals surface area contributed by atoms with E-state index >= 15 is 0 Å². The molecule has 7 nitrogen and oxygen atoms in total. The van der Waals surface area contributed by atoms with Gasteiger partial charge < -0.3 is 9.47 Å². The summed E-state index contributed by atoms with van der Waals surface area (Å²) in [6.45, 7) is 0. The Balaban J connectivity index is 1.52. The maximum Gasteiger partial charge on any atom is 0.185 e. The first-order valence-electron chi connectivity index (χ1n) is 8.85. The zero-order chi connectivity index (χ0) is 20.2. The number of carbonyl (C=O) groups excluding carboxylic acids is 1. The second-order valence-electron chi connectivity index (χ2n) is 6.13. The summed E-state index contributed by atoms with van der Waals surface area (Å²) in [5.74, 6) is 2.43. The Hall–Kier alpha value is -3.39. The van der Waals surface area contributed by atoms with Gasteiger partial charge in [0.2, 0.25) is 0 Å². The van der Waals surface area contributed by atoms with E-state index in [4.69, 9.17) is 9.47 Å². The molecule has 0 saturated heterocycles. The van der Waals surface area contributed by atoms with Crippen molar-refractivity contribution >= 4 is 23.2 Å². The van der Waals surface area contributed by atoms with Crippen molar-refractivity contribution in [3.8, 4) is 22.9 Å². The molecule has 0 radical (unpaired) electrons. The number of carbonyl (C=O) groups is 1. The van der Waals surface area contributed by atoms with Gasteiger partial charge in [-0.15, -0.1) is 10.2 Å². The molecule has 8 heteroatoms. The van der Waals surface area contributed by atoms with Crippen molar-refractivity contribution in [2.75, 3.05) is 20.0 Å². The Labute approximate surface area is 171 Å². The number of ketones is 1. The predicted molar refractivity (Wildman–Crippen MR) is 111 cm³/mol. The highest BCUT2D eigenvalue weighted by molar-refractivity contribution is 7.99. The molecular weight excluding hydrogens is 388 g/mol. The van der Waals surface area contributed by atoms with Gasteiger partial charge >= 0.3 is 0 Å². The number of ether oxygens (including phenoxy) is 2. The molecule has 146 valence electrons. The summed E-state index contributed by atoms with van der Waals surface area (Å²) in [6.07, 6.45) is 0. The SMILES string of the molecule is COc1ccc(C(=O)CSc2ccc3nnc(-c4ccc(OC)cc4)n3n2)cc1. The van der Waals surface area contributed by atoms with Gasteiger partial charge in [0.15, 0.2) is 17.3 Å². The molecular formula is C21H18N4O3S. The van der Waals surface area contributed by atoms with Crippen molar-refractivity contribution in [3.63, 3.8) is 0 Å². The molecule has 0 aliphatic carbocycles. The molecule has 0 spiro atoms. The van der Waals surface area contributed by atoms with Crippen LogP contribution < -0.4 is 9.47 Å².